The minimum atomic E-state index is -0.517. The molecule has 0 aromatic heterocycles. The fourth-order valence-corrected chi connectivity index (χ4v) is 6.60. The van der Waals surface area contributed by atoms with Crippen molar-refractivity contribution in [2.75, 3.05) is 26.8 Å². The fourth-order valence-electron chi connectivity index (χ4n) is 6.60. The number of carbonyl (C=O) groups is 2. The number of nitrogens with one attached hydrogen (secondary N) is 2. The van der Waals surface area contributed by atoms with Crippen LogP contribution in [0.25, 0.3) is 11.1 Å². The molecule has 2 saturated heterocycles. The van der Waals surface area contributed by atoms with Gasteiger partial charge in [-0.2, -0.15) is 0 Å². The van der Waals surface area contributed by atoms with E-state index in [1.54, 1.807) is 12.6 Å². The summed E-state index contributed by atoms with van der Waals surface area (Å²) in [6.07, 6.45) is 5.10. The van der Waals surface area contributed by atoms with Gasteiger partial charge >= 0.3 is 0 Å². The van der Waals surface area contributed by atoms with Crippen LogP contribution in [0.2, 0.25) is 0 Å². The van der Waals surface area contributed by atoms with E-state index in [9.17, 15) is 14.7 Å². The van der Waals surface area contributed by atoms with Gasteiger partial charge in [0.25, 0.3) is 0 Å². The van der Waals surface area contributed by atoms with Gasteiger partial charge in [-0.25, -0.2) is 5.48 Å². The number of hydroxylamine groups is 1. The highest BCUT2D eigenvalue weighted by Crippen LogP contribution is 2.39. The molecule has 4 N–H and O–H groups in total. The normalized spacial score (nSPS) is 21.2. The maximum Gasteiger partial charge on any atom is 0.243 e. The van der Waals surface area contributed by atoms with E-state index in [0.29, 0.717) is 31.8 Å². The molecule has 5 rings (SSSR count). The predicted octanol–water partition coefficient (Wildman–Crippen LogP) is 5.57. The highest BCUT2D eigenvalue weighted by molar-refractivity contribution is 5.76. The number of likely N-dealkylation sites (tertiary alicyclic amines) is 1. The van der Waals surface area contributed by atoms with E-state index >= 15 is 0 Å². The Morgan fingerprint density at radius 3 is 2.38 bits per heavy atom. The van der Waals surface area contributed by atoms with E-state index in [1.807, 2.05) is 36.4 Å². The smallest absolute Gasteiger partial charge is 0.243 e. The first-order chi connectivity index (χ1) is 23.4. The monoisotopic (exact) mass is 659 g/mol. The summed E-state index contributed by atoms with van der Waals surface area (Å²) in [7, 11) is 1.76. The molecule has 258 valence electrons. The molecule has 0 radical (unpaired) electrons. The number of hydrogen-bond acceptors (Lipinski definition) is 8. The number of ether oxygens (including phenoxy) is 3. The molecule has 2 amide bonds. The number of nitrogens with zero attached hydrogens (tertiary/aromatic N) is 1. The number of methoxy groups -OCH3 is 1. The van der Waals surface area contributed by atoms with Gasteiger partial charge in [0.1, 0.15) is 0 Å². The zero-order valence-electron chi connectivity index (χ0n) is 27.8. The summed E-state index contributed by atoms with van der Waals surface area (Å²) < 4.78 is 18.7. The van der Waals surface area contributed by atoms with E-state index in [-0.39, 0.29) is 31.1 Å². The average molecular weight is 660 g/mol. The summed E-state index contributed by atoms with van der Waals surface area (Å²) in [5.74, 6) is -0.429. The lowest BCUT2D eigenvalue weighted by atomic mass is 9.98. The van der Waals surface area contributed by atoms with Crippen LogP contribution in [0, 0.1) is 0 Å². The highest BCUT2D eigenvalue weighted by atomic mass is 16.7. The Labute approximate surface area is 283 Å². The Balaban J connectivity index is 1.21. The first-order valence-corrected chi connectivity index (χ1v) is 17.1. The Morgan fingerprint density at radius 2 is 1.65 bits per heavy atom. The van der Waals surface area contributed by atoms with E-state index in [0.717, 1.165) is 78.8 Å². The molecule has 0 spiro atoms. The first kappa shape index (κ1) is 35.7. The van der Waals surface area contributed by atoms with E-state index in [1.165, 1.54) is 0 Å². The fraction of sp³-hybridized carbons (Fsp3) is 0.474. The molecular formula is C38H49N3O7. The van der Waals surface area contributed by atoms with Gasteiger partial charge in [-0.1, -0.05) is 73.2 Å². The van der Waals surface area contributed by atoms with Crippen molar-refractivity contribution in [3.8, 4) is 11.1 Å². The summed E-state index contributed by atoms with van der Waals surface area (Å²) in [5, 5.41) is 21.1. The van der Waals surface area contributed by atoms with Crippen LogP contribution in [0.1, 0.15) is 86.0 Å². The third-order valence-corrected chi connectivity index (χ3v) is 9.28. The molecule has 0 saturated carbocycles. The zero-order chi connectivity index (χ0) is 33.7. The first-order valence-electron chi connectivity index (χ1n) is 17.1. The quantitative estimate of drug-likeness (QED) is 0.0892. The van der Waals surface area contributed by atoms with Crippen molar-refractivity contribution in [3.05, 3.63) is 95.1 Å². The van der Waals surface area contributed by atoms with Crippen LogP contribution >= 0.6 is 0 Å². The van der Waals surface area contributed by atoms with E-state index in [2.05, 4.69) is 46.6 Å². The number of benzene rings is 3. The molecule has 2 fully saturated rings. The van der Waals surface area contributed by atoms with Crippen molar-refractivity contribution >= 4 is 11.8 Å². The Morgan fingerprint density at radius 1 is 0.896 bits per heavy atom. The molecular weight excluding hydrogens is 610 g/mol. The number of unbranched alkanes of at least 4 members (excludes halogenated alkanes) is 2. The summed E-state index contributed by atoms with van der Waals surface area (Å²) >= 11 is 0. The lowest BCUT2D eigenvalue weighted by Crippen LogP contribution is -2.42. The van der Waals surface area contributed by atoms with Gasteiger partial charge in [0, 0.05) is 51.1 Å². The van der Waals surface area contributed by atoms with Crippen molar-refractivity contribution in [2.45, 2.75) is 89.1 Å². The second-order valence-corrected chi connectivity index (χ2v) is 12.8. The van der Waals surface area contributed by atoms with E-state index < -0.39 is 12.2 Å². The molecule has 0 unspecified atom stereocenters. The molecule has 2 heterocycles. The third-order valence-electron chi connectivity index (χ3n) is 9.28. The van der Waals surface area contributed by atoms with Gasteiger partial charge < -0.3 is 24.6 Å². The Hall–Kier alpha value is -3.64. The van der Waals surface area contributed by atoms with Gasteiger partial charge in [0.2, 0.25) is 11.8 Å². The van der Waals surface area contributed by atoms with Crippen molar-refractivity contribution in [1.82, 2.24) is 15.7 Å². The molecule has 10 nitrogen and oxygen atoms in total. The van der Waals surface area contributed by atoms with Crippen molar-refractivity contribution < 1.29 is 34.1 Å². The summed E-state index contributed by atoms with van der Waals surface area (Å²) in [6.45, 7) is 3.04. The Bertz CT molecular complexity index is 1450. The number of amides is 2. The molecule has 10 heteroatoms. The minimum absolute atomic E-state index is 0.0103. The third kappa shape index (κ3) is 10.2. The van der Waals surface area contributed by atoms with Crippen LogP contribution in [-0.2, 0) is 37.0 Å². The second-order valence-electron chi connectivity index (χ2n) is 12.8. The van der Waals surface area contributed by atoms with Crippen LogP contribution < -0.4 is 10.8 Å². The van der Waals surface area contributed by atoms with Gasteiger partial charge in [0.05, 0.1) is 25.4 Å². The molecule has 4 atom stereocenters. The van der Waals surface area contributed by atoms with Crippen LogP contribution in [0.3, 0.4) is 0 Å². The van der Waals surface area contributed by atoms with Crippen LogP contribution in [0.4, 0.5) is 0 Å². The average Bonchev–Trinajstić information content (AvgIpc) is 3.56. The van der Waals surface area contributed by atoms with Crippen molar-refractivity contribution in [3.63, 3.8) is 0 Å². The van der Waals surface area contributed by atoms with Crippen LogP contribution in [0.5, 0.6) is 0 Å². The maximum absolute atomic E-state index is 12.3. The molecule has 0 bridgehead atoms. The van der Waals surface area contributed by atoms with Gasteiger partial charge in [-0.05, 0) is 66.1 Å². The SMILES string of the molecule is COC[C@@H]1CCCN1C[C@@H]1C[C@H](c2ccc(CO)cc2)O[C@H](c2ccc(-c3cccc(CNC(=O)CCCCCC(=O)NO)c3)cc2)O1. The summed E-state index contributed by atoms with van der Waals surface area (Å²) in [5.41, 5.74) is 7.65. The lowest BCUT2D eigenvalue weighted by Gasteiger charge is -2.38. The van der Waals surface area contributed by atoms with Crippen molar-refractivity contribution in [1.29, 1.82) is 0 Å². The molecule has 3 aromatic rings. The number of rotatable bonds is 16. The van der Waals surface area contributed by atoms with Crippen molar-refractivity contribution in [2.24, 2.45) is 0 Å². The molecule has 3 aromatic carbocycles. The van der Waals surface area contributed by atoms with E-state index in [4.69, 9.17) is 19.4 Å². The minimum Gasteiger partial charge on any atom is -0.392 e. The standard InChI is InChI=1S/C38H49N3O7/c1-46-26-33-9-6-20-41(33)24-34-22-35(30-14-12-27(25-42)13-15-30)48-38(47-34)31-18-16-29(17-19-31)32-8-5-7-28(21-32)23-39-36(43)10-3-2-4-11-37(44)40-45/h5,7-8,12-19,21,33-35,38,42,45H,2-4,6,9-11,20,22-26H2,1H3,(H,39,43)(H,40,44)/t33-,34-,35+,38+/m0/s1. The lowest BCUT2D eigenvalue weighted by molar-refractivity contribution is -0.253. The topological polar surface area (TPSA) is 130 Å². The molecule has 2 aliphatic heterocycles. The summed E-state index contributed by atoms with van der Waals surface area (Å²) in [4.78, 5) is 25.9. The maximum atomic E-state index is 12.3. The van der Waals surface area contributed by atoms with Gasteiger partial charge in [-0.15, -0.1) is 0 Å². The molecule has 0 aliphatic carbocycles. The predicted molar refractivity (Wildman–Crippen MR) is 182 cm³/mol. The second kappa shape index (κ2) is 18.2. The summed E-state index contributed by atoms with van der Waals surface area (Å²) in [6, 6.07) is 24.8. The molecule has 48 heavy (non-hydrogen) atoms. The Kier molecular flexibility index (Phi) is 13.5. The van der Waals surface area contributed by atoms with Crippen LogP contribution in [-0.4, -0.2) is 66.0 Å². The largest absolute Gasteiger partial charge is 0.392 e. The number of aliphatic hydroxyl groups is 1. The highest BCUT2D eigenvalue weighted by Gasteiger charge is 2.35. The van der Waals surface area contributed by atoms with Gasteiger partial charge in [0.15, 0.2) is 6.29 Å². The molecule has 2 aliphatic rings. The van der Waals surface area contributed by atoms with Gasteiger partial charge in [-0.3, -0.25) is 19.7 Å². The number of carbonyl (C=O) groups excluding carboxylic acids is 2. The van der Waals surface area contributed by atoms with Crippen LogP contribution in [0.15, 0.2) is 72.8 Å². The number of aliphatic hydroxyl groups excluding tert-OH is 1. The zero-order valence-corrected chi connectivity index (χ0v) is 27.8. The number of hydrogen-bond donors (Lipinski definition) is 4.